The van der Waals surface area contributed by atoms with Gasteiger partial charge < -0.3 is 10.6 Å². The van der Waals surface area contributed by atoms with Gasteiger partial charge in [0.25, 0.3) is 0 Å². The average molecular weight is 262 g/mol. The largest absolute Gasteiger partial charge is 0.357 e. The Balaban J connectivity index is 2.95. The van der Waals surface area contributed by atoms with Crippen molar-refractivity contribution >= 4 is 11.8 Å². The smallest absolute Gasteiger partial charge is 0.246 e. The van der Waals surface area contributed by atoms with Gasteiger partial charge in [0.15, 0.2) is 0 Å². The van der Waals surface area contributed by atoms with E-state index in [1.807, 2.05) is 51.1 Å². The highest BCUT2D eigenvalue weighted by Crippen LogP contribution is 2.22. The minimum atomic E-state index is -0.649. The Kier molecular flexibility index (Phi) is 5.10. The zero-order valence-electron chi connectivity index (χ0n) is 12.0. The first kappa shape index (κ1) is 15.2. The molecule has 0 aliphatic rings. The van der Waals surface area contributed by atoms with Crippen LogP contribution < -0.4 is 10.6 Å². The second kappa shape index (κ2) is 6.36. The lowest BCUT2D eigenvalue weighted by molar-refractivity contribution is -0.134. The van der Waals surface area contributed by atoms with Crippen molar-refractivity contribution < 1.29 is 9.59 Å². The highest BCUT2D eigenvalue weighted by atomic mass is 16.2. The first-order chi connectivity index (χ1) is 8.92. The highest BCUT2D eigenvalue weighted by molar-refractivity contribution is 5.90. The summed E-state index contributed by atoms with van der Waals surface area (Å²) in [5.41, 5.74) is 0.295. The number of rotatable bonds is 5. The van der Waals surface area contributed by atoms with Gasteiger partial charge in [0.2, 0.25) is 11.8 Å². The molecule has 104 valence electrons. The summed E-state index contributed by atoms with van der Waals surface area (Å²) in [6, 6.07) is 8.59. The van der Waals surface area contributed by atoms with Crippen LogP contribution in [0.4, 0.5) is 0 Å². The third-order valence-electron chi connectivity index (χ3n) is 3.42. The molecule has 0 aromatic heterocycles. The quantitative estimate of drug-likeness (QED) is 0.853. The molecule has 0 aliphatic heterocycles. The van der Waals surface area contributed by atoms with Crippen molar-refractivity contribution in [3.63, 3.8) is 0 Å². The molecule has 0 radical (unpaired) electrons. The van der Waals surface area contributed by atoms with E-state index in [0.717, 1.165) is 5.56 Å². The normalized spacial score (nSPS) is 12.6. The molecule has 0 aliphatic carbocycles. The van der Waals surface area contributed by atoms with Crippen molar-refractivity contribution in [3.8, 4) is 0 Å². The molecule has 1 aromatic carbocycles. The van der Waals surface area contributed by atoms with E-state index in [1.165, 1.54) is 0 Å². The van der Waals surface area contributed by atoms with Gasteiger partial charge >= 0.3 is 0 Å². The zero-order chi connectivity index (χ0) is 14.5. The van der Waals surface area contributed by atoms with E-state index in [4.69, 9.17) is 0 Å². The van der Waals surface area contributed by atoms with Crippen molar-refractivity contribution in [3.05, 3.63) is 35.9 Å². The van der Waals surface area contributed by atoms with Crippen molar-refractivity contribution in [2.24, 2.45) is 5.41 Å². The monoisotopic (exact) mass is 262 g/mol. The molecule has 0 spiro atoms. The lowest BCUT2D eigenvalue weighted by atomic mass is 9.88. The van der Waals surface area contributed by atoms with E-state index in [0.29, 0.717) is 6.42 Å². The molecule has 19 heavy (non-hydrogen) atoms. The molecule has 1 aromatic rings. The number of benzene rings is 1. The standard InChI is InChI=1S/C15H22N2O2/c1-5-15(2,3)14(19)17-12(13(18)16-4)11-9-7-6-8-10-11/h6-10,12H,5H2,1-4H3,(H,16,18)(H,17,19)/t12-/m1/s1. The van der Waals surface area contributed by atoms with Gasteiger partial charge in [-0.1, -0.05) is 51.1 Å². The number of carbonyl (C=O) groups excluding carboxylic acids is 2. The topological polar surface area (TPSA) is 58.2 Å². The second-order valence-electron chi connectivity index (χ2n) is 5.17. The van der Waals surface area contributed by atoms with Gasteiger partial charge in [-0.25, -0.2) is 0 Å². The van der Waals surface area contributed by atoms with Crippen molar-refractivity contribution in [1.29, 1.82) is 0 Å². The van der Waals surface area contributed by atoms with Gasteiger partial charge in [0, 0.05) is 12.5 Å². The SMILES string of the molecule is CCC(C)(C)C(=O)N[C@@H](C(=O)NC)c1ccccc1. The van der Waals surface area contributed by atoms with E-state index in [9.17, 15) is 9.59 Å². The molecule has 4 heteroatoms. The summed E-state index contributed by atoms with van der Waals surface area (Å²) in [4.78, 5) is 24.1. The van der Waals surface area contributed by atoms with Gasteiger partial charge in [0.05, 0.1) is 0 Å². The number of amides is 2. The molecular formula is C15H22N2O2. The van der Waals surface area contributed by atoms with E-state index in [2.05, 4.69) is 10.6 Å². The van der Waals surface area contributed by atoms with Crippen LogP contribution in [-0.4, -0.2) is 18.9 Å². The van der Waals surface area contributed by atoms with Crippen LogP contribution in [0.25, 0.3) is 0 Å². The van der Waals surface area contributed by atoms with Crippen molar-refractivity contribution in [1.82, 2.24) is 10.6 Å². The van der Waals surface area contributed by atoms with Crippen LogP contribution in [0, 0.1) is 5.41 Å². The Morgan fingerprint density at radius 1 is 1.21 bits per heavy atom. The first-order valence-corrected chi connectivity index (χ1v) is 6.50. The van der Waals surface area contributed by atoms with Crippen LogP contribution in [-0.2, 0) is 9.59 Å². The van der Waals surface area contributed by atoms with Crippen LogP contribution in [0.2, 0.25) is 0 Å². The Bertz CT molecular complexity index is 441. The second-order valence-corrected chi connectivity index (χ2v) is 5.17. The van der Waals surface area contributed by atoms with E-state index in [-0.39, 0.29) is 11.8 Å². The zero-order valence-corrected chi connectivity index (χ0v) is 12.0. The Hall–Kier alpha value is -1.84. The predicted octanol–water partition coefficient (Wildman–Crippen LogP) is 2.03. The number of nitrogens with one attached hydrogen (secondary N) is 2. The average Bonchev–Trinajstić information content (AvgIpc) is 2.44. The molecule has 0 saturated carbocycles. The van der Waals surface area contributed by atoms with E-state index >= 15 is 0 Å². The molecule has 4 nitrogen and oxygen atoms in total. The van der Waals surface area contributed by atoms with Gasteiger partial charge in [-0.15, -0.1) is 0 Å². The summed E-state index contributed by atoms with van der Waals surface area (Å²) in [5, 5.41) is 5.41. The fraction of sp³-hybridized carbons (Fsp3) is 0.467. The maximum atomic E-state index is 12.2. The van der Waals surface area contributed by atoms with Gasteiger partial charge in [-0.05, 0) is 12.0 Å². The van der Waals surface area contributed by atoms with E-state index < -0.39 is 11.5 Å². The minimum absolute atomic E-state index is 0.118. The maximum absolute atomic E-state index is 12.2. The third kappa shape index (κ3) is 3.81. The van der Waals surface area contributed by atoms with Crippen molar-refractivity contribution in [2.45, 2.75) is 33.2 Å². The van der Waals surface area contributed by atoms with Gasteiger partial charge in [0.1, 0.15) is 6.04 Å². The fourth-order valence-corrected chi connectivity index (χ4v) is 1.58. The van der Waals surface area contributed by atoms with Crippen LogP contribution >= 0.6 is 0 Å². The molecular weight excluding hydrogens is 240 g/mol. The number of hydrogen-bond donors (Lipinski definition) is 2. The van der Waals surface area contributed by atoms with Crippen LogP contribution in [0.1, 0.15) is 38.8 Å². The summed E-state index contributed by atoms with van der Waals surface area (Å²) in [5.74, 6) is -0.334. The number of carbonyl (C=O) groups is 2. The summed E-state index contributed by atoms with van der Waals surface area (Å²) in [6.07, 6.45) is 0.716. The third-order valence-corrected chi connectivity index (χ3v) is 3.42. The van der Waals surface area contributed by atoms with E-state index in [1.54, 1.807) is 7.05 Å². The maximum Gasteiger partial charge on any atom is 0.246 e. The lowest BCUT2D eigenvalue weighted by Gasteiger charge is -2.25. The van der Waals surface area contributed by atoms with Crippen molar-refractivity contribution in [2.75, 3.05) is 7.05 Å². The Morgan fingerprint density at radius 2 is 1.79 bits per heavy atom. The van der Waals surface area contributed by atoms with Crippen LogP contribution in [0.15, 0.2) is 30.3 Å². The molecule has 0 unspecified atom stereocenters. The summed E-state index contributed by atoms with van der Waals surface area (Å²) >= 11 is 0. The highest BCUT2D eigenvalue weighted by Gasteiger charge is 2.30. The van der Waals surface area contributed by atoms with Crippen LogP contribution in [0.3, 0.4) is 0 Å². The predicted molar refractivity (Wildman–Crippen MR) is 75.5 cm³/mol. The lowest BCUT2D eigenvalue weighted by Crippen LogP contribution is -2.44. The number of likely N-dealkylation sites (N-methyl/N-ethyl adjacent to an activating group) is 1. The van der Waals surface area contributed by atoms with Gasteiger partial charge in [-0.2, -0.15) is 0 Å². The number of hydrogen-bond acceptors (Lipinski definition) is 2. The minimum Gasteiger partial charge on any atom is -0.357 e. The molecule has 0 heterocycles. The molecule has 2 N–H and O–H groups in total. The summed E-state index contributed by atoms with van der Waals surface area (Å²) in [6.45, 7) is 5.69. The molecule has 1 rings (SSSR count). The molecule has 0 bridgehead atoms. The Morgan fingerprint density at radius 3 is 2.26 bits per heavy atom. The molecule has 2 amide bonds. The molecule has 1 atom stereocenters. The van der Waals surface area contributed by atoms with Crippen LogP contribution in [0.5, 0.6) is 0 Å². The summed E-state index contributed by atoms with van der Waals surface area (Å²) in [7, 11) is 1.56. The fourth-order valence-electron chi connectivity index (χ4n) is 1.58. The van der Waals surface area contributed by atoms with Gasteiger partial charge in [-0.3, -0.25) is 9.59 Å². The first-order valence-electron chi connectivity index (χ1n) is 6.50. The summed E-state index contributed by atoms with van der Waals surface area (Å²) < 4.78 is 0. The molecule has 0 saturated heterocycles. The molecule has 0 fully saturated rings. The Labute approximate surface area is 114 Å².